The number of carbonyl (C=O) groups excluding carboxylic acids is 1. The molecule has 1 aliphatic rings. The fourth-order valence-corrected chi connectivity index (χ4v) is 3.63. The van der Waals surface area contributed by atoms with Gasteiger partial charge in [-0.1, -0.05) is 11.6 Å². The Morgan fingerprint density at radius 1 is 1.18 bits per heavy atom. The van der Waals surface area contributed by atoms with E-state index in [4.69, 9.17) is 16.0 Å². The summed E-state index contributed by atoms with van der Waals surface area (Å²) in [4.78, 5) is 30.9. The van der Waals surface area contributed by atoms with E-state index in [0.717, 1.165) is 18.8 Å². The number of hydrogen-bond acceptors (Lipinski definition) is 5. The highest BCUT2D eigenvalue weighted by atomic mass is 35.5. The number of fused-ring (bicyclic) bond motifs is 1. The van der Waals surface area contributed by atoms with Crippen LogP contribution in [0.15, 0.2) is 45.7 Å². The smallest absolute Gasteiger partial charge is 0.408 e. The molecule has 0 saturated carbocycles. The minimum atomic E-state index is -0.505. The van der Waals surface area contributed by atoms with Crippen LogP contribution in [-0.4, -0.2) is 28.5 Å². The van der Waals surface area contributed by atoms with Gasteiger partial charge in [-0.05, 0) is 43.5 Å². The molecule has 7 nitrogen and oxygen atoms in total. The minimum Gasteiger partial charge on any atom is -0.408 e. The summed E-state index contributed by atoms with van der Waals surface area (Å²) in [7, 11) is 0. The van der Waals surface area contributed by atoms with E-state index in [0.29, 0.717) is 21.9 Å². The molecule has 0 spiro atoms. The number of amides is 1. The second-order valence-electron chi connectivity index (χ2n) is 6.88. The van der Waals surface area contributed by atoms with E-state index in [1.54, 1.807) is 24.4 Å². The molecule has 8 heteroatoms. The molecule has 0 atom stereocenters. The van der Waals surface area contributed by atoms with Crippen molar-refractivity contribution in [2.24, 2.45) is 0 Å². The van der Waals surface area contributed by atoms with Gasteiger partial charge in [0, 0.05) is 37.1 Å². The van der Waals surface area contributed by atoms with E-state index < -0.39 is 5.76 Å². The van der Waals surface area contributed by atoms with Gasteiger partial charge in [-0.3, -0.25) is 9.36 Å². The molecular weight excluding hydrogens is 380 g/mol. The van der Waals surface area contributed by atoms with Crippen molar-refractivity contribution in [2.45, 2.75) is 32.2 Å². The van der Waals surface area contributed by atoms with E-state index in [-0.39, 0.29) is 18.9 Å². The SMILES string of the molecule is O=C(CCn1c(=O)oc2cc(Cl)ccc21)Nc1ccc(N2CCCCC2)cn1. The van der Waals surface area contributed by atoms with Crippen LogP contribution in [0.4, 0.5) is 11.5 Å². The Labute approximate surface area is 166 Å². The van der Waals surface area contributed by atoms with Crippen LogP contribution < -0.4 is 16.0 Å². The summed E-state index contributed by atoms with van der Waals surface area (Å²) in [6, 6.07) is 8.77. The first kappa shape index (κ1) is 18.6. The van der Waals surface area contributed by atoms with Crippen LogP contribution >= 0.6 is 11.6 Å². The average molecular weight is 401 g/mol. The number of rotatable bonds is 5. The van der Waals surface area contributed by atoms with Crippen molar-refractivity contribution in [3.05, 3.63) is 52.1 Å². The molecular formula is C20H21ClN4O3. The van der Waals surface area contributed by atoms with E-state index in [9.17, 15) is 9.59 Å². The van der Waals surface area contributed by atoms with Gasteiger partial charge < -0.3 is 14.6 Å². The number of anilines is 2. The Morgan fingerprint density at radius 2 is 2.00 bits per heavy atom. The highest BCUT2D eigenvalue weighted by molar-refractivity contribution is 6.31. The van der Waals surface area contributed by atoms with Gasteiger partial charge >= 0.3 is 5.76 Å². The number of oxazole rings is 1. The topological polar surface area (TPSA) is 80.4 Å². The lowest BCUT2D eigenvalue weighted by molar-refractivity contribution is -0.116. The quantitative estimate of drug-likeness (QED) is 0.706. The van der Waals surface area contributed by atoms with Crippen molar-refractivity contribution in [3.8, 4) is 0 Å². The molecule has 2 aromatic heterocycles. The monoisotopic (exact) mass is 400 g/mol. The number of aryl methyl sites for hydroxylation is 1. The first-order chi connectivity index (χ1) is 13.6. The summed E-state index contributed by atoms with van der Waals surface area (Å²) in [5.41, 5.74) is 2.10. The lowest BCUT2D eigenvalue weighted by Crippen LogP contribution is -2.29. The third-order valence-electron chi connectivity index (χ3n) is 4.93. The molecule has 1 aliphatic heterocycles. The zero-order valence-corrected chi connectivity index (χ0v) is 16.1. The molecule has 1 N–H and O–H groups in total. The predicted molar refractivity (Wildman–Crippen MR) is 109 cm³/mol. The maximum atomic E-state index is 12.3. The van der Waals surface area contributed by atoms with E-state index in [1.807, 2.05) is 12.1 Å². The van der Waals surface area contributed by atoms with Crippen LogP contribution in [0.5, 0.6) is 0 Å². The summed E-state index contributed by atoms with van der Waals surface area (Å²) < 4.78 is 6.60. The number of benzene rings is 1. The van der Waals surface area contributed by atoms with Gasteiger partial charge in [0.2, 0.25) is 5.91 Å². The number of nitrogens with zero attached hydrogens (tertiary/aromatic N) is 3. The summed E-state index contributed by atoms with van der Waals surface area (Å²) in [6.07, 6.45) is 5.60. The maximum Gasteiger partial charge on any atom is 0.419 e. The standard InChI is InChI=1S/C20H21ClN4O3/c21-14-4-6-16-17(12-14)28-20(27)25(16)11-8-19(26)23-18-7-5-15(13-22-18)24-9-2-1-3-10-24/h4-7,12-13H,1-3,8-11H2,(H,22,23,26). The molecule has 3 aromatic rings. The molecule has 28 heavy (non-hydrogen) atoms. The molecule has 3 heterocycles. The lowest BCUT2D eigenvalue weighted by Gasteiger charge is -2.28. The molecule has 1 amide bonds. The van der Waals surface area contributed by atoms with Crippen molar-refractivity contribution in [3.63, 3.8) is 0 Å². The number of pyridine rings is 1. The molecule has 1 fully saturated rings. The van der Waals surface area contributed by atoms with Gasteiger partial charge in [-0.15, -0.1) is 0 Å². The van der Waals surface area contributed by atoms with Gasteiger partial charge in [0.15, 0.2) is 5.58 Å². The Bertz CT molecular complexity index is 1040. The van der Waals surface area contributed by atoms with Gasteiger partial charge in [-0.2, -0.15) is 0 Å². The molecule has 1 aromatic carbocycles. The lowest BCUT2D eigenvalue weighted by atomic mass is 10.1. The van der Waals surface area contributed by atoms with Crippen LogP contribution in [0.1, 0.15) is 25.7 Å². The van der Waals surface area contributed by atoms with Gasteiger partial charge in [0.25, 0.3) is 0 Å². The fraction of sp³-hybridized carbons (Fsp3) is 0.350. The van der Waals surface area contributed by atoms with Crippen molar-refractivity contribution in [2.75, 3.05) is 23.3 Å². The molecule has 0 radical (unpaired) electrons. The van der Waals surface area contributed by atoms with Crippen molar-refractivity contribution in [1.29, 1.82) is 0 Å². The van der Waals surface area contributed by atoms with E-state index in [2.05, 4.69) is 15.2 Å². The number of piperidine rings is 1. The van der Waals surface area contributed by atoms with Crippen LogP contribution in [0.25, 0.3) is 11.1 Å². The van der Waals surface area contributed by atoms with Gasteiger partial charge in [-0.25, -0.2) is 9.78 Å². The summed E-state index contributed by atoms with van der Waals surface area (Å²) in [5, 5.41) is 3.27. The zero-order valence-electron chi connectivity index (χ0n) is 15.4. The van der Waals surface area contributed by atoms with Crippen molar-refractivity contribution < 1.29 is 9.21 Å². The normalized spacial score (nSPS) is 14.4. The number of hydrogen-bond donors (Lipinski definition) is 1. The first-order valence-corrected chi connectivity index (χ1v) is 9.78. The van der Waals surface area contributed by atoms with E-state index in [1.165, 1.54) is 23.8 Å². The number of nitrogens with one attached hydrogen (secondary N) is 1. The van der Waals surface area contributed by atoms with Crippen LogP contribution in [0.2, 0.25) is 5.02 Å². The van der Waals surface area contributed by atoms with Crippen LogP contribution in [-0.2, 0) is 11.3 Å². The molecule has 1 saturated heterocycles. The van der Waals surface area contributed by atoms with Gasteiger partial charge in [0.05, 0.1) is 17.4 Å². The second kappa shape index (κ2) is 8.06. The molecule has 4 rings (SSSR count). The van der Waals surface area contributed by atoms with Crippen molar-refractivity contribution >= 4 is 40.1 Å². The first-order valence-electron chi connectivity index (χ1n) is 9.40. The Kier molecular flexibility index (Phi) is 5.34. The zero-order chi connectivity index (χ0) is 19.5. The molecule has 146 valence electrons. The second-order valence-corrected chi connectivity index (χ2v) is 7.32. The third-order valence-corrected chi connectivity index (χ3v) is 5.16. The summed E-state index contributed by atoms with van der Waals surface area (Å²) in [6.45, 7) is 2.31. The Hall–Kier alpha value is -2.80. The third kappa shape index (κ3) is 4.04. The van der Waals surface area contributed by atoms with E-state index >= 15 is 0 Å². The number of carbonyl (C=O) groups is 1. The van der Waals surface area contributed by atoms with Gasteiger partial charge in [0.1, 0.15) is 5.82 Å². The maximum absolute atomic E-state index is 12.3. The average Bonchev–Trinajstić information content (AvgIpc) is 3.01. The highest BCUT2D eigenvalue weighted by Crippen LogP contribution is 2.20. The number of aromatic nitrogens is 2. The molecule has 0 bridgehead atoms. The molecule has 0 aliphatic carbocycles. The van der Waals surface area contributed by atoms with Crippen LogP contribution in [0, 0.1) is 0 Å². The number of halogens is 1. The summed E-state index contributed by atoms with van der Waals surface area (Å²) >= 11 is 5.91. The Balaban J connectivity index is 1.37. The molecule has 0 unspecified atom stereocenters. The fourth-order valence-electron chi connectivity index (χ4n) is 3.47. The highest BCUT2D eigenvalue weighted by Gasteiger charge is 2.13. The van der Waals surface area contributed by atoms with Crippen LogP contribution in [0.3, 0.4) is 0 Å². The minimum absolute atomic E-state index is 0.132. The summed E-state index contributed by atoms with van der Waals surface area (Å²) in [5.74, 6) is -0.218. The predicted octanol–water partition coefficient (Wildman–Crippen LogP) is 3.66. The van der Waals surface area contributed by atoms with Crippen molar-refractivity contribution in [1.82, 2.24) is 9.55 Å². The Morgan fingerprint density at radius 3 is 2.75 bits per heavy atom. The largest absolute Gasteiger partial charge is 0.419 e.